The summed E-state index contributed by atoms with van der Waals surface area (Å²) in [5.41, 5.74) is -1.29. The van der Waals surface area contributed by atoms with E-state index in [1.807, 2.05) is 30.3 Å². The number of aromatic nitrogens is 3. The Kier molecular flexibility index (Phi) is 6.31. The molecule has 1 N–H and O–H groups in total. The van der Waals surface area contributed by atoms with Crippen LogP contribution in [0.1, 0.15) is 11.1 Å². The van der Waals surface area contributed by atoms with Crippen LogP contribution in [0.5, 0.6) is 0 Å². The number of carbonyl (C=O) groups is 1. The van der Waals surface area contributed by atoms with Crippen molar-refractivity contribution < 1.29 is 18.0 Å². The van der Waals surface area contributed by atoms with Crippen LogP contribution in [-0.2, 0) is 30.5 Å². The molecular formula is C24H19F3N4O3. The third-order valence-electron chi connectivity index (χ3n) is 5.22. The lowest BCUT2D eigenvalue weighted by molar-refractivity contribution is -0.137. The van der Waals surface area contributed by atoms with Crippen molar-refractivity contribution in [3.8, 4) is 0 Å². The van der Waals surface area contributed by atoms with E-state index >= 15 is 0 Å². The van der Waals surface area contributed by atoms with Gasteiger partial charge in [0.05, 0.1) is 10.9 Å². The molecule has 0 saturated carbocycles. The fourth-order valence-corrected chi connectivity index (χ4v) is 3.59. The van der Waals surface area contributed by atoms with Gasteiger partial charge in [-0.1, -0.05) is 36.4 Å². The maximum absolute atomic E-state index is 13.2. The molecule has 2 aromatic heterocycles. The third-order valence-corrected chi connectivity index (χ3v) is 5.22. The van der Waals surface area contributed by atoms with Crippen LogP contribution in [0.25, 0.3) is 11.0 Å². The first-order valence-corrected chi connectivity index (χ1v) is 10.3. The van der Waals surface area contributed by atoms with Gasteiger partial charge < -0.3 is 5.32 Å². The molecule has 0 fully saturated rings. The molecule has 174 valence electrons. The van der Waals surface area contributed by atoms with E-state index in [1.54, 1.807) is 6.07 Å². The van der Waals surface area contributed by atoms with E-state index in [1.165, 1.54) is 24.4 Å². The summed E-state index contributed by atoms with van der Waals surface area (Å²) in [5, 5.41) is 2.53. The number of anilines is 1. The molecule has 0 atom stereocenters. The van der Waals surface area contributed by atoms with Gasteiger partial charge in [-0.05, 0) is 42.3 Å². The average Bonchev–Trinajstić information content (AvgIpc) is 2.82. The van der Waals surface area contributed by atoms with Gasteiger partial charge in [-0.3, -0.25) is 18.7 Å². The predicted octanol–water partition coefficient (Wildman–Crippen LogP) is 3.46. The van der Waals surface area contributed by atoms with Gasteiger partial charge in [0, 0.05) is 18.4 Å². The number of pyridine rings is 1. The quantitative estimate of drug-likeness (QED) is 0.470. The number of amides is 1. The highest BCUT2D eigenvalue weighted by Crippen LogP contribution is 2.30. The first-order chi connectivity index (χ1) is 16.2. The lowest BCUT2D eigenvalue weighted by Crippen LogP contribution is -2.42. The fraction of sp³-hybridized carbons (Fsp3) is 0.167. The van der Waals surface area contributed by atoms with Crippen molar-refractivity contribution in [2.24, 2.45) is 0 Å². The number of alkyl halides is 3. The Labute approximate surface area is 191 Å². The number of nitrogens with zero attached hydrogens (tertiary/aromatic N) is 3. The second-order valence-corrected chi connectivity index (χ2v) is 7.56. The molecule has 34 heavy (non-hydrogen) atoms. The standard InChI is InChI=1S/C24H19F3N4O3/c25-24(26,27)17-8-4-9-18(14-17)29-20(32)15-31-21-19(10-5-12-28-21)22(33)30(23(31)34)13-11-16-6-2-1-3-7-16/h1-10,12,14H,11,13,15H2,(H,29,32). The fourth-order valence-electron chi connectivity index (χ4n) is 3.59. The molecule has 0 radical (unpaired) electrons. The summed E-state index contributed by atoms with van der Waals surface area (Å²) in [7, 11) is 0. The lowest BCUT2D eigenvalue weighted by Gasteiger charge is -2.14. The maximum atomic E-state index is 13.2. The number of hydrogen-bond donors (Lipinski definition) is 1. The summed E-state index contributed by atoms with van der Waals surface area (Å²) in [4.78, 5) is 42.8. The Morgan fingerprint density at radius 1 is 0.941 bits per heavy atom. The SMILES string of the molecule is O=C(Cn1c(=O)n(CCc2ccccc2)c(=O)c2cccnc21)Nc1cccc(C(F)(F)F)c1. The number of fused-ring (bicyclic) bond motifs is 1. The van der Waals surface area contributed by atoms with Crippen molar-refractivity contribution in [3.05, 3.63) is 105 Å². The number of benzene rings is 2. The summed E-state index contributed by atoms with van der Waals surface area (Å²) < 4.78 is 41.0. The molecule has 0 spiro atoms. The van der Waals surface area contributed by atoms with Crippen LogP contribution in [-0.4, -0.2) is 20.0 Å². The van der Waals surface area contributed by atoms with Crippen LogP contribution in [0.15, 0.2) is 82.5 Å². The molecule has 0 aliphatic heterocycles. The zero-order valence-corrected chi connectivity index (χ0v) is 17.7. The Hall–Kier alpha value is -4.21. The highest BCUT2D eigenvalue weighted by Gasteiger charge is 2.30. The Balaban J connectivity index is 1.66. The Bertz CT molecular complexity index is 1460. The first kappa shape index (κ1) is 23.0. The number of halogens is 3. The van der Waals surface area contributed by atoms with Gasteiger partial charge in [0.25, 0.3) is 5.56 Å². The molecule has 0 unspecified atom stereocenters. The zero-order valence-electron chi connectivity index (χ0n) is 17.7. The Morgan fingerprint density at radius 2 is 1.71 bits per heavy atom. The molecule has 4 rings (SSSR count). The molecule has 10 heteroatoms. The minimum atomic E-state index is -4.56. The van der Waals surface area contributed by atoms with E-state index in [2.05, 4.69) is 10.3 Å². The van der Waals surface area contributed by atoms with Crippen LogP contribution in [0, 0.1) is 0 Å². The summed E-state index contributed by atoms with van der Waals surface area (Å²) in [5.74, 6) is -0.735. The zero-order chi connectivity index (χ0) is 24.3. The highest BCUT2D eigenvalue weighted by molar-refractivity contribution is 5.91. The summed E-state index contributed by atoms with van der Waals surface area (Å²) in [6.07, 6.45) is -2.76. The maximum Gasteiger partial charge on any atom is 0.416 e. The van der Waals surface area contributed by atoms with Gasteiger partial charge in [0.2, 0.25) is 5.91 Å². The number of carbonyl (C=O) groups excluding carboxylic acids is 1. The normalized spacial score (nSPS) is 11.5. The van der Waals surface area contributed by atoms with Gasteiger partial charge in [-0.2, -0.15) is 13.2 Å². The van der Waals surface area contributed by atoms with Crippen molar-refractivity contribution in [2.45, 2.75) is 25.7 Å². The minimum absolute atomic E-state index is 0.0210. The highest BCUT2D eigenvalue weighted by atomic mass is 19.4. The molecule has 0 aliphatic rings. The summed E-state index contributed by atoms with van der Waals surface area (Å²) >= 11 is 0. The predicted molar refractivity (Wildman–Crippen MR) is 120 cm³/mol. The van der Waals surface area contributed by atoms with Crippen molar-refractivity contribution in [1.29, 1.82) is 0 Å². The van der Waals surface area contributed by atoms with Gasteiger partial charge in [0.15, 0.2) is 0 Å². The van der Waals surface area contributed by atoms with Crippen molar-refractivity contribution in [2.75, 3.05) is 5.32 Å². The van der Waals surface area contributed by atoms with E-state index in [0.29, 0.717) is 6.42 Å². The monoisotopic (exact) mass is 468 g/mol. The number of nitrogens with one attached hydrogen (secondary N) is 1. The molecular weight excluding hydrogens is 449 g/mol. The number of rotatable bonds is 6. The van der Waals surface area contributed by atoms with Crippen molar-refractivity contribution in [1.82, 2.24) is 14.1 Å². The van der Waals surface area contributed by atoms with Crippen LogP contribution in [0.3, 0.4) is 0 Å². The van der Waals surface area contributed by atoms with Crippen LogP contribution < -0.4 is 16.6 Å². The van der Waals surface area contributed by atoms with Crippen molar-refractivity contribution >= 4 is 22.6 Å². The minimum Gasteiger partial charge on any atom is -0.325 e. The average molecular weight is 468 g/mol. The lowest BCUT2D eigenvalue weighted by atomic mass is 10.1. The van der Waals surface area contributed by atoms with Gasteiger partial charge >= 0.3 is 11.9 Å². The number of hydrogen-bond acceptors (Lipinski definition) is 4. The number of aryl methyl sites for hydroxylation is 1. The van der Waals surface area contributed by atoms with E-state index in [0.717, 1.165) is 26.8 Å². The molecule has 2 heterocycles. The van der Waals surface area contributed by atoms with E-state index in [4.69, 9.17) is 0 Å². The van der Waals surface area contributed by atoms with Crippen LogP contribution >= 0.6 is 0 Å². The molecule has 0 saturated heterocycles. The molecule has 2 aromatic carbocycles. The second-order valence-electron chi connectivity index (χ2n) is 7.56. The van der Waals surface area contributed by atoms with Crippen LogP contribution in [0.2, 0.25) is 0 Å². The van der Waals surface area contributed by atoms with Crippen LogP contribution in [0.4, 0.5) is 18.9 Å². The molecule has 7 nitrogen and oxygen atoms in total. The van der Waals surface area contributed by atoms with Gasteiger partial charge in [0.1, 0.15) is 12.2 Å². The molecule has 4 aromatic rings. The van der Waals surface area contributed by atoms with E-state index in [-0.39, 0.29) is 23.3 Å². The summed E-state index contributed by atoms with van der Waals surface area (Å²) in [6.45, 7) is -0.448. The third kappa shape index (κ3) is 4.90. The molecule has 0 aliphatic carbocycles. The largest absolute Gasteiger partial charge is 0.416 e. The Morgan fingerprint density at radius 3 is 2.44 bits per heavy atom. The second kappa shape index (κ2) is 9.34. The smallest absolute Gasteiger partial charge is 0.325 e. The van der Waals surface area contributed by atoms with E-state index < -0.39 is 35.4 Å². The van der Waals surface area contributed by atoms with Crippen molar-refractivity contribution in [3.63, 3.8) is 0 Å². The molecule has 1 amide bonds. The van der Waals surface area contributed by atoms with E-state index in [9.17, 15) is 27.6 Å². The van der Waals surface area contributed by atoms with Gasteiger partial charge in [-0.25, -0.2) is 9.78 Å². The summed E-state index contributed by atoms with van der Waals surface area (Å²) in [6, 6.07) is 16.5. The topological polar surface area (TPSA) is 86.0 Å². The molecule has 0 bridgehead atoms. The first-order valence-electron chi connectivity index (χ1n) is 10.3. The van der Waals surface area contributed by atoms with Gasteiger partial charge in [-0.15, -0.1) is 0 Å².